The fourth-order valence-corrected chi connectivity index (χ4v) is 2.54. The Kier molecular flexibility index (Phi) is 4.39. The Morgan fingerprint density at radius 1 is 1.10 bits per heavy atom. The summed E-state index contributed by atoms with van der Waals surface area (Å²) in [6.45, 7) is 1.02. The second-order valence-corrected chi connectivity index (χ2v) is 5.90. The largest absolute Gasteiger partial charge is 0.329 e. The quantitative estimate of drug-likeness (QED) is 0.701. The minimum Gasteiger partial charge on any atom is -0.329 e. The van der Waals surface area contributed by atoms with Crippen LogP contribution in [0.2, 0.25) is 0 Å². The Morgan fingerprint density at radius 2 is 1.70 bits per heavy atom. The highest BCUT2D eigenvalue weighted by Gasteiger charge is 2.25. The van der Waals surface area contributed by atoms with Crippen LogP contribution in [-0.4, -0.2) is 49.7 Å². The van der Waals surface area contributed by atoms with Crippen molar-refractivity contribution in [2.24, 2.45) is 5.14 Å². The van der Waals surface area contributed by atoms with Crippen molar-refractivity contribution in [3.63, 3.8) is 0 Å². The van der Waals surface area contributed by atoms with Crippen LogP contribution in [0, 0.1) is 11.8 Å². The Bertz CT molecular complexity index is 638. The fourth-order valence-electron chi connectivity index (χ4n) is 1.87. The molecule has 0 unspecified atom stereocenters. The number of rotatable bonds is 1. The molecule has 2 rings (SSSR count). The lowest BCUT2D eigenvalue weighted by atomic mass is 10.2. The molecule has 0 aliphatic carbocycles. The molecule has 1 amide bonds. The van der Waals surface area contributed by atoms with Crippen LogP contribution >= 0.6 is 0 Å². The van der Waals surface area contributed by atoms with Crippen LogP contribution in [-0.2, 0) is 15.0 Å². The lowest BCUT2D eigenvalue weighted by Crippen LogP contribution is -2.52. The molecule has 0 spiro atoms. The van der Waals surface area contributed by atoms with Crippen molar-refractivity contribution in [3.05, 3.63) is 35.9 Å². The molecule has 7 heteroatoms. The van der Waals surface area contributed by atoms with Crippen LogP contribution in [0.15, 0.2) is 30.3 Å². The van der Waals surface area contributed by atoms with E-state index in [4.69, 9.17) is 5.14 Å². The molecule has 6 nitrogen and oxygen atoms in total. The predicted octanol–water partition coefficient (Wildman–Crippen LogP) is -0.614. The van der Waals surface area contributed by atoms with Crippen molar-refractivity contribution in [1.29, 1.82) is 0 Å². The lowest BCUT2D eigenvalue weighted by Gasteiger charge is -2.31. The summed E-state index contributed by atoms with van der Waals surface area (Å²) < 4.78 is 23.4. The highest BCUT2D eigenvalue weighted by Crippen LogP contribution is 2.04. The van der Waals surface area contributed by atoms with Gasteiger partial charge in [-0.3, -0.25) is 4.79 Å². The van der Waals surface area contributed by atoms with E-state index in [0.717, 1.165) is 9.87 Å². The summed E-state index contributed by atoms with van der Waals surface area (Å²) in [6.07, 6.45) is 0. The third-order valence-corrected chi connectivity index (χ3v) is 4.06. The highest BCUT2D eigenvalue weighted by molar-refractivity contribution is 7.86. The number of nitrogens with zero attached hydrogens (tertiary/aromatic N) is 2. The molecule has 1 saturated heterocycles. The molecule has 0 bridgehead atoms. The molecule has 0 saturated carbocycles. The van der Waals surface area contributed by atoms with Gasteiger partial charge >= 0.3 is 0 Å². The molecule has 1 aliphatic rings. The smallest absolute Gasteiger partial charge is 0.298 e. The van der Waals surface area contributed by atoms with Crippen LogP contribution in [0.4, 0.5) is 0 Å². The van der Waals surface area contributed by atoms with Gasteiger partial charge in [0.2, 0.25) is 0 Å². The van der Waals surface area contributed by atoms with E-state index in [1.54, 1.807) is 0 Å². The summed E-state index contributed by atoms with van der Waals surface area (Å²) in [4.78, 5) is 13.4. The minimum absolute atomic E-state index is 0.206. The molecule has 0 atom stereocenters. The first-order valence-corrected chi connectivity index (χ1v) is 7.61. The Hall–Kier alpha value is -1.88. The van der Waals surface area contributed by atoms with Crippen LogP contribution in [0.25, 0.3) is 0 Å². The van der Waals surface area contributed by atoms with Crippen molar-refractivity contribution >= 4 is 16.1 Å². The van der Waals surface area contributed by atoms with Gasteiger partial charge in [-0.25, -0.2) is 5.14 Å². The van der Waals surface area contributed by atoms with E-state index < -0.39 is 10.2 Å². The number of hydrogen-bond donors (Lipinski definition) is 1. The number of carbonyl (C=O) groups excluding carboxylic acids is 1. The van der Waals surface area contributed by atoms with Gasteiger partial charge < -0.3 is 4.90 Å². The Labute approximate surface area is 118 Å². The van der Waals surface area contributed by atoms with Gasteiger partial charge in [-0.15, -0.1) is 0 Å². The van der Waals surface area contributed by atoms with Crippen molar-refractivity contribution in [1.82, 2.24) is 9.21 Å². The van der Waals surface area contributed by atoms with E-state index in [2.05, 4.69) is 11.8 Å². The topological polar surface area (TPSA) is 83.7 Å². The van der Waals surface area contributed by atoms with Gasteiger partial charge in [-0.1, -0.05) is 24.1 Å². The van der Waals surface area contributed by atoms with Crippen molar-refractivity contribution in [2.75, 3.05) is 26.2 Å². The van der Waals surface area contributed by atoms with E-state index in [0.29, 0.717) is 13.1 Å². The zero-order chi connectivity index (χ0) is 14.6. The SMILES string of the molecule is NS(=O)(=O)N1CCN(C(=O)C#Cc2ccccc2)CC1. The lowest BCUT2D eigenvalue weighted by molar-refractivity contribution is -0.126. The van der Waals surface area contributed by atoms with Gasteiger partial charge in [0.1, 0.15) is 0 Å². The molecule has 106 valence electrons. The summed E-state index contributed by atoms with van der Waals surface area (Å²) in [7, 11) is -3.67. The van der Waals surface area contributed by atoms with E-state index in [1.165, 1.54) is 4.90 Å². The van der Waals surface area contributed by atoms with E-state index in [9.17, 15) is 13.2 Å². The van der Waals surface area contributed by atoms with Crippen molar-refractivity contribution in [2.45, 2.75) is 0 Å². The summed E-state index contributed by atoms with van der Waals surface area (Å²) in [5, 5.41) is 5.03. The van der Waals surface area contributed by atoms with Gasteiger partial charge in [0.05, 0.1) is 0 Å². The molecule has 2 N–H and O–H groups in total. The monoisotopic (exact) mass is 293 g/mol. The number of hydrogen-bond acceptors (Lipinski definition) is 3. The summed E-state index contributed by atoms with van der Waals surface area (Å²) in [5.41, 5.74) is 0.768. The zero-order valence-corrected chi connectivity index (χ0v) is 11.6. The van der Waals surface area contributed by atoms with Gasteiger partial charge in [0.25, 0.3) is 16.1 Å². The molecule has 1 aliphatic heterocycles. The summed E-state index contributed by atoms with van der Waals surface area (Å²) in [5.74, 6) is 5.04. The molecule has 0 radical (unpaired) electrons. The molecule has 1 fully saturated rings. The fraction of sp³-hybridized carbons (Fsp3) is 0.308. The molecular formula is C13H15N3O3S. The standard InChI is InChI=1S/C13H15N3O3S/c14-20(18,19)16-10-8-15(9-11-16)13(17)7-6-12-4-2-1-3-5-12/h1-5H,8-11H2,(H2,14,18,19). The first-order chi connectivity index (χ1) is 9.47. The first kappa shape index (κ1) is 14.5. The summed E-state index contributed by atoms with van der Waals surface area (Å²) >= 11 is 0. The second-order valence-electron chi connectivity index (χ2n) is 4.35. The Morgan fingerprint density at radius 3 is 2.25 bits per heavy atom. The first-order valence-electron chi connectivity index (χ1n) is 6.10. The normalized spacial score (nSPS) is 16.4. The van der Waals surface area contributed by atoms with Crippen LogP contribution in [0.1, 0.15) is 5.56 Å². The number of benzene rings is 1. The maximum Gasteiger partial charge on any atom is 0.298 e. The number of nitrogens with two attached hydrogens (primary N) is 1. The molecule has 20 heavy (non-hydrogen) atoms. The molecule has 1 aromatic carbocycles. The summed E-state index contributed by atoms with van der Waals surface area (Å²) in [6, 6.07) is 9.21. The van der Waals surface area contributed by atoms with Gasteiger partial charge in [-0.05, 0) is 12.1 Å². The van der Waals surface area contributed by atoms with E-state index in [-0.39, 0.29) is 19.0 Å². The Balaban J connectivity index is 1.95. The molecule has 1 heterocycles. The maximum atomic E-state index is 11.9. The van der Waals surface area contributed by atoms with Gasteiger partial charge in [0, 0.05) is 37.7 Å². The van der Waals surface area contributed by atoms with Crippen molar-refractivity contribution in [3.8, 4) is 11.8 Å². The van der Waals surface area contributed by atoms with Crippen LogP contribution in [0.5, 0.6) is 0 Å². The number of amides is 1. The third-order valence-electron chi connectivity index (χ3n) is 2.97. The number of carbonyl (C=O) groups is 1. The predicted molar refractivity (Wildman–Crippen MR) is 74.6 cm³/mol. The minimum atomic E-state index is -3.67. The van der Waals surface area contributed by atoms with E-state index in [1.807, 2.05) is 30.3 Å². The maximum absolute atomic E-state index is 11.9. The van der Waals surface area contributed by atoms with Crippen LogP contribution in [0.3, 0.4) is 0 Å². The molecular weight excluding hydrogens is 278 g/mol. The highest BCUT2D eigenvalue weighted by atomic mass is 32.2. The third kappa shape index (κ3) is 3.81. The van der Waals surface area contributed by atoms with Crippen molar-refractivity contribution < 1.29 is 13.2 Å². The zero-order valence-electron chi connectivity index (χ0n) is 10.8. The van der Waals surface area contributed by atoms with E-state index >= 15 is 0 Å². The molecule has 1 aromatic rings. The average molecular weight is 293 g/mol. The second kappa shape index (κ2) is 6.05. The van der Waals surface area contributed by atoms with Gasteiger partial charge in [0.15, 0.2) is 0 Å². The number of piperazine rings is 1. The average Bonchev–Trinajstić information content (AvgIpc) is 2.45. The van der Waals surface area contributed by atoms with Gasteiger partial charge in [-0.2, -0.15) is 12.7 Å². The molecule has 0 aromatic heterocycles. The van der Waals surface area contributed by atoms with Crippen LogP contribution < -0.4 is 5.14 Å².